The summed E-state index contributed by atoms with van der Waals surface area (Å²) in [5, 5.41) is 2.54. The third kappa shape index (κ3) is 6.95. The van der Waals surface area contributed by atoms with Crippen LogP contribution in [0.2, 0.25) is 0 Å². The molecule has 0 aliphatic heterocycles. The molecule has 0 saturated carbocycles. The van der Waals surface area contributed by atoms with Gasteiger partial charge in [0, 0.05) is 10.1 Å². The molecule has 2 rings (SSSR count). The fourth-order valence-electron chi connectivity index (χ4n) is 2.55. The second-order valence-corrected chi connectivity index (χ2v) is 8.35. The van der Waals surface area contributed by atoms with Crippen LogP contribution in [0.15, 0.2) is 47.4 Å². The van der Waals surface area contributed by atoms with Crippen molar-refractivity contribution in [3.05, 3.63) is 53.6 Å². The topological polar surface area (TPSA) is 47.6 Å². The summed E-state index contributed by atoms with van der Waals surface area (Å²) < 4.78 is 51.3. The molecule has 2 aromatic rings. The molecule has 0 heterocycles. The van der Waals surface area contributed by atoms with Gasteiger partial charge in [0.25, 0.3) is 5.91 Å². The number of carbonyl (C=O) groups is 1. The van der Waals surface area contributed by atoms with Gasteiger partial charge in [0.2, 0.25) is 0 Å². The zero-order valence-corrected chi connectivity index (χ0v) is 18.2. The van der Waals surface area contributed by atoms with Gasteiger partial charge in [-0.25, -0.2) is 0 Å². The highest BCUT2D eigenvalue weighted by Crippen LogP contribution is 2.38. The molecule has 0 aliphatic carbocycles. The summed E-state index contributed by atoms with van der Waals surface area (Å²) in [4.78, 5) is 12.9. The molecule has 1 amide bonds. The summed E-state index contributed by atoms with van der Waals surface area (Å²) in [6, 6.07) is 11.1. The molecule has 8 heteroatoms. The lowest BCUT2D eigenvalue weighted by atomic mass is 10.1. The van der Waals surface area contributed by atoms with Gasteiger partial charge in [-0.3, -0.25) is 4.79 Å². The molecule has 30 heavy (non-hydrogen) atoms. The molecule has 0 saturated heterocycles. The lowest BCUT2D eigenvalue weighted by molar-refractivity contribution is -0.137. The molecule has 0 aliphatic rings. The molecule has 0 radical (unpaired) electrons. The maximum Gasteiger partial charge on any atom is 0.418 e. The highest BCUT2D eigenvalue weighted by atomic mass is 32.2. The number of methoxy groups -OCH3 is 1. The zero-order chi connectivity index (χ0) is 22.3. The van der Waals surface area contributed by atoms with E-state index in [2.05, 4.69) is 5.32 Å². The number of nitrogens with one attached hydrogen (secondary N) is 1. The average Bonchev–Trinajstić information content (AvgIpc) is 2.72. The Morgan fingerprint density at radius 3 is 2.53 bits per heavy atom. The van der Waals surface area contributed by atoms with E-state index >= 15 is 0 Å². The smallest absolute Gasteiger partial charge is 0.418 e. The second-order valence-electron chi connectivity index (χ2n) is 6.84. The number of ether oxygens (including phenoxy) is 2. The lowest BCUT2D eigenvalue weighted by Crippen LogP contribution is -2.28. The van der Waals surface area contributed by atoms with Crippen LogP contribution in [0, 0.1) is 0 Å². The van der Waals surface area contributed by atoms with Crippen LogP contribution in [0.25, 0.3) is 0 Å². The van der Waals surface area contributed by atoms with Crippen molar-refractivity contribution in [2.75, 3.05) is 12.4 Å². The minimum Gasteiger partial charge on any atom is -0.497 e. The van der Waals surface area contributed by atoms with Crippen LogP contribution in [0.4, 0.5) is 18.9 Å². The molecule has 2 atom stereocenters. The van der Waals surface area contributed by atoms with Gasteiger partial charge in [0.1, 0.15) is 11.9 Å². The van der Waals surface area contributed by atoms with Crippen LogP contribution >= 0.6 is 11.8 Å². The largest absolute Gasteiger partial charge is 0.497 e. The summed E-state index contributed by atoms with van der Waals surface area (Å²) in [7, 11) is 1.54. The van der Waals surface area contributed by atoms with Crippen molar-refractivity contribution in [3.63, 3.8) is 0 Å². The Labute approximate surface area is 179 Å². The van der Waals surface area contributed by atoms with Crippen LogP contribution in [0.1, 0.15) is 38.3 Å². The number of rotatable bonds is 9. The van der Waals surface area contributed by atoms with Crippen LogP contribution in [0.3, 0.4) is 0 Å². The van der Waals surface area contributed by atoms with Crippen molar-refractivity contribution in [1.29, 1.82) is 0 Å². The van der Waals surface area contributed by atoms with E-state index in [-0.39, 0.29) is 17.5 Å². The maximum atomic E-state index is 13.5. The van der Waals surface area contributed by atoms with Gasteiger partial charge >= 0.3 is 6.18 Å². The summed E-state index contributed by atoms with van der Waals surface area (Å²) >= 11 is 1.37. The Hall–Kier alpha value is -2.19. The minimum absolute atomic E-state index is 0.127. The number of thioether (sulfide) groups is 1. The van der Waals surface area contributed by atoms with Gasteiger partial charge in [-0.05, 0) is 49.2 Å². The monoisotopic (exact) mass is 441 g/mol. The molecule has 0 aromatic heterocycles. The normalized spacial score (nSPS) is 13.6. The minimum atomic E-state index is -4.58. The standard InChI is InChI=1S/C22H26F3NO3S/c1-5-14(2)30-18-9-10-20(19(12-18)22(23,24)25)26-21(27)15(3)29-13-16-7-6-8-17(11-16)28-4/h6-12,14-15H,5,13H2,1-4H3,(H,26,27). The van der Waals surface area contributed by atoms with E-state index in [9.17, 15) is 18.0 Å². The van der Waals surface area contributed by atoms with Crippen molar-refractivity contribution < 1.29 is 27.4 Å². The van der Waals surface area contributed by atoms with Crippen molar-refractivity contribution in [3.8, 4) is 5.75 Å². The van der Waals surface area contributed by atoms with Crippen LogP contribution in [-0.4, -0.2) is 24.4 Å². The Kier molecular flexibility index (Phi) is 8.61. The highest BCUT2D eigenvalue weighted by molar-refractivity contribution is 7.99. The Bertz CT molecular complexity index is 858. The Morgan fingerprint density at radius 2 is 1.90 bits per heavy atom. The number of halogens is 3. The SMILES string of the molecule is CCC(C)Sc1ccc(NC(=O)C(C)OCc2cccc(OC)c2)c(C(F)(F)F)c1. The van der Waals surface area contributed by atoms with E-state index < -0.39 is 23.8 Å². The maximum absolute atomic E-state index is 13.5. The third-order valence-electron chi connectivity index (χ3n) is 4.47. The number of amides is 1. The molecule has 0 bridgehead atoms. The van der Waals surface area contributed by atoms with Gasteiger partial charge in [-0.15, -0.1) is 11.8 Å². The van der Waals surface area contributed by atoms with E-state index in [1.807, 2.05) is 19.9 Å². The van der Waals surface area contributed by atoms with E-state index in [0.717, 1.165) is 18.1 Å². The first kappa shape index (κ1) is 24.1. The van der Waals surface area contributed by atoms with Crippen molar-refractivity contribution >= 4 is 23.4 Å². The molecule has 0 fully saturated rings. The predicted molar refractivity (Wildman–Crippen MR) is 113 cm³/mol. The van der Waals surface area contributed by atoms with Gasteiger partial charge in [-0.2, -0.15) is 13.2 Å². The zero-order valence-electron chi connectivity index (χ0n) is 17.4. The van der Waals surface area contributed by atoms with E-state index in [4.69, 9.17) is 9.47 Å². The second kappa shape index (κ2) is 10.7. The Morgan fingerprint density at radius 1 is 1.17 bits per heavy atom. The van der Waals surface area contributed by atoms with Gasteiger partial charge in [-0.1, -0.05) is 26.0 Å². The number of alkyl halides is 3. The molecule has 2 unspecified atom stereocenters. The average molecular weight is 442 g/mol. The van der Waals surface area contributed by atoms with Crippen LogP contribution < -0.4 is 10.1 Å². The quantitative estimate of drug-likeness (QED) is 0.474. The van der Waals surface area contributed by atoms with E-state index in [1.165, 1.54) is 24.8 Å². The number of hydrogen-bond donors (Lipinski definition) is 1. The first-order valence-corrected chi connectivity index (χ1v) is 10.4. The van der Waals surface area contributed by atoms with Crippen molar-refractivity contribution in [1.82, 2.24) is 0 Å². The van der Waals surface area contributed by atoms with Crippen LogP contribution in [0.5, 0.6) is 5.75 Å². The summed E-state index contributed by atoms with van der Waals surface area (Å²) in [5.74, 6) is 0.00380. The van der Waals surface area contributed by atoms with Gasteiger partial charge in [0.15, 0.2) is 0 Å². The van der Waals surface area contributed by atoms with Crippen molar-refractivity contribution in [2.45, 2.75) is 56.2 Å². The summed E-state index contributed by atoms with van der Waals surface area (Å²) in [6.45, 7) is 5.55. The molecule has 0 spiro atoms. The van der Waals surface area contributed by atoms with E-state index in [1.54, 1.807) is 31.4 Å². The number of hydrogen-bond acceptors (Lipinski definition) is 4. The molecule has 1 N–H and O–H groups in total. The molecular formula is C22H26F3NO3S. The fraction of sp³-hybridized carbons (Fsp3) is 0.409. The predicted octanol–water partition coefficient (Wildman–Crippen LogP) is 6.15. The summed E-state index contributed by atoms with van der Waals surface area (Å²) in [5.41, 5.74) is -0.363. The first-order chi connectivity index (χ1) is 14.1. The van der Waals surface area contributed by atoms with Crippen molar-refractivity contribution in [2.24, 2.45) is 0 Å². The molecular weight excluding hydrogens is 415 g/mol. The molecule has 2 aromatic carbocycles. The molecule has 164 valence electrons. The lowest BCUT2D eigenvalue weighted by Gasteiger charge is -2.18. The first-order valence-electron chi connectivity index (χ1n) is 9.57. The summed E-state index contributed by atoms with van der Waals surface area (Å²) in [6.07, 6.45) is -4.68. The number of carbonyl (C=O) groups excluding carboxylic acids is 1. The number of benzene rings is 2. The highest BCUT2D eigenvalue weighted by Gasteiger charge is 2.34. The van der Waals surface area contributed by atoms with Crippen LogP contribution in [-0.2, 0) is 22.3 Å². The van der Waals surface area contributed by atoms with Gasteiger partial charge in [0.05, 0.1) is 25.0 Å². The number of anilines is 1. The van der Waals surface area contributed by atoms with Gasteiger partial charge < -0.3 is 14.8 Å². The molecule has 4 nitrogen and oxygen atoms in total. The fourth-order valence-corrected chi connectivity index (χ4v) is 3.51. The third-order valence-corrected chi connectivity index (χ3v) is 5.73. The Balaban J connectivity index is 2.08. The van der Waals surface area contributed by atoms with E-state index in [0.29, 0.717) is 10.6 Å².